The molecule has 0 aromatic heterocycles. The van der Waals surface area contributed by atoms with Crippen LogP contribution in [0.25, 0.3) is 0 Å². The number of phenolic OH excluding ortho intramolecular Hbond substituents is 1. The Morgan fingerprint density at radius 1 is 1.50 bits per heavy atom. The summed E-state index contributed by atoms with van der Waals surface area (Å²) in [5, 5.41) is 9.19. The highest BCUT2D eigenvalue weighted by Crippen LogP contribution is 2.41. The maximum Gasteiger partial charge on any atom is 0.175 e. The molecule has 52 valence electrons. The molecule has 10 heavy (non-hydrogen) atoms. The van der Waals surface area contributed by atoms with E-state index in [1.165, 1.54) is 0 Å². The highest BCUT2D eigenvalue weighted by molar-refractivity contribution is 7.99. The van der Waals surface area contributed by atoms with Crippen LogP contribution in [0, 0.1) is 0 Å². The summed E-state index contributed by atoms with van der Waals surface area (Å²) in [5.41, 5.74) is 0. The Balaban J connectivity index is 2.59. The lowest BCUT2D eigenvalue weighted by Crippen LogP contribution is -1.82. The minimum atomic E-state index is 0.238. The van der Waals surface area contributed by atoms with Crippen molar-refractivity contribution in [3.63, 3.8) is 0 Å². The van der Waals surface area contributed by atoms with E-state index in [0.717, 1.165) is 4.90 Å². The van der Waals surface area contributed by atoms with Crippen LogP contribution in [0.1, 0.15) is 0 Å². The lowest BCUT2D eigenvalue weighted by Gasteiger charge is -1.97. The van der Waals surface area contributed by atoms with E-state index in [-0.39, 0.29) is 5.75 Å². The van der Waals surface area contributed by atoms with Gasteiger partial charge in [-0.05, 0) is 12.1 Å². The first-order valence-electron chi connectivity index (χ1n) is 2.95. The fourth-order valence-corrected chi connectivity index (χ4v) is 1.69. The van der Waals surface area contributed by atoms with Crippen molar-refractivity contribution in [2.45, 2.75) is 4.90 Å². The second-order valence-electron chi connectivity index (χ2n) is 2.01. The molecular weight excluding hydrogens is 148 g/mol. The van der Waals surface area contributed by atoms with Crippen LogP contribution in [0.3, 0.4) is 0 Å². The third kappa shape index (κ3) is 0.743. The van der Waals surface area contributed by atoms with Crippen molar-refractivity contribution in [2.75, 3.05) is 5.94 Å². The zero-order valence-electron chi connectivity index (χ0n) is 5.20. The van der Waals surface area contributed by atoms with Gasteiger partial charge >= 0.3 is 0 Å². The van der Waals surface area contributed by atoms with Gasteiger partial charge < -0.3 is 9.84 Å². The average molecular weight is 154 g/mol. The molecule has 0 spiro atoms. The maximum atomic E-state index is 9.19. The Morgan fingerprint density at radius 2 is 2.40 bits per heavy atom. The molecule has 1 aromatic rings. The molecule has 2 rings (SSSR count). The third-order valence-electron chi connectivity index (χ3n) is 1.38. The summed E-state index contributed by atoms with van der Waals surface area (Å²) in [6.07, 6.45) is 0. The Bertz CT molecular complexity index is 260. The predicted molar refractivity (Wildman–Crippen MR) is 39.5 cm³/mol. The second kappa shape index (κ2) is 2.09. The first-order chi connectivity index (χ1) is 4.88. The van der Waals surface area contributed by atoms with Gasteiger partial charge in [0.1, 0.15) is 5.94 Å². The molecule has 3 heteroatoms. The van der Waals surface area contributed by atoms with Crippen LogP contribution in [-0.2, 0) is 0 Å². The number of para-hydroxylation sites is 1. The fraction of sp³-hybridized carbons (Fsp3) is 0.143. The van der Waals surface area contributed by atoms with Crippen molar-refractivity contribution in [3.05, 3.63) is 18.2 Å². The maximum absolute atomic E-state index is 9.19. The van der Waals surface area contributed by atoms with E-state index >= 15 is 0 Å². The number of ether oxygens (including phenoxy) is 1. The van der Waals surface area contributed by atoms with Crippen LogP contribution in [0.4, 0.5) is 0 Å². The number of rotatable bonds is 0. The minimum absolute atomic E-state index is 0.238. The molecule has 1 aliphatic heterocycles. The van der Waals surface area contributed by atoms with Crippen LogP contribution >= 0.6 is 11.8 Å². The Morgan fingerprint density at radius 3 is 3.20 bits per heavy atom. The minimum Gasteiger partial charge on any atom is -0.504 e. The van der Waals surface area contributed by atoms with Gasteiger partial charge in [-0.2, -0.15) is 0 Å². The molecule has 0 aliphatic carbocycles. The molecule has 0 saturated heterocycles. The molecule has 1 N–H and O–H groups in total. The van der Waals surface area contributed by atoms with Gasteiger partial charge in [0.25, 0.3) is 0 Å². The summed E-state index contributed by atoms with van der Waals surface area (Å²) in [7, 11) is 0. The number of thioether (sulfide) groups is 1. The first kappa shape index (κ1) is 5.92. The molecule has 1 aliphatic rings. The van der Waals surface area contributed by atoms with Gasteiger partial charge in [0, 0.05) is 0 Å². The average Bonchev–Trinajstić information content (AvgIpc) is 2.36. The van der Waals surface area contributed by atoms with E-state index in [2.05, 4.69) is 0 Å². The van der Waals surface area contributed by atoms with Crippen molar-refractivity contribution < 1.29 is 9.84 Å². The van der Waals surface area contributed by atoms with Gasteiger partial charge in [0.2, 0.25) is 0 Å². The highest BCUT2D eigenvalue weighted by Gasteiger charge is 2.15. The number of benzene rings is 1. The molecule has 0 bridgehead atoms. The van der Waals surface area contributed by atoms with Gasteiger partial charge in [-0.1, -0.05) is 17.8 Å². The number of hydrogen-bond acceptors (Lipinski definition) is 3. The Hall–Kier alpha value is -0.830. The molecule has 1 heterocycles. The molecule has 0 atom stereocenters. The molecule has 0 fully saturated rings. The van der Waals surface area contributed by atoms with Crippen LogP contribution in [0.2, 0.25) is 0 Å². The van der Waals surface area contributed by atoms with Crippen LogP contribution in [-0.4, -0.2) is 11.0 Å². The van der Waals surface area contributed by atoms with E-state index < -0.39 is 0 Å². The molecule has 0 saturated carbocycles. The summed E-state index contributed by atoms with van der Waals surface area (Å²) < 4.78 is 5.14. The van der Waals surface area contributed by atoms with E-state index in [4.69, 9.17) is 4.74 Å². The smallest absolute Gasteiger partial charge is 0.175 e. The van der Waals surface area contributed by atoms with Crippen LogP contribution in [0.15, 0.2) is 23.1 Å². The van der Waals surface area contributed by atoms with E-state index in [9.17, 15) is 5.11 Å². The van der Waals surface area contributed by atoms with Gasteiger partial charge in [-0.25, -0.2) is 0 Å². The van der Waals surface area contributed by atoms with E-state index in [0.29, 0.717) is 11.7 Å². The molecular formula is C7H6O2S. The zero-order chi connectivity index (χ0) is 6.97. The number of aromatic hydroxyl groups is 1. The summed E-state index contributed by atoms with van der Waals surface area (Å²) in [6.45, 7) is 0. The third-order valence-corrected chi connectivity index (χ3v) is 2.24. The lowest BCUT2D eigenvalue weighted by atomic mass is 10.3. The summed E-state index contributed by atoms with van der Waals surface area (Å²) >= 11 is 1.60. The number of phenols is 1. The zero-order valence-corrected chi connectivity index (χ0v) is 6.02. The van der Waals surface area contributed by atoms with Gasteiger partial charge in [0.15, 0.2) is 11.5 Å². The summed E-state index contributed by atoms with van der Waals surface area (Å²) in [4.78, 5) is 1.03. The van der Waals surface area contributed by atoms with Crippen LogP contribution in [0.5, 0.6) is 11.5 Å². The molecule has 0 radical (unpaired) electrons. The standard InChI is InChI=1S/C7H6O2S/c8-5-2-1-3-6-7(5)9-4-10-6/h1-3,8H,4H2. The predicted octanol–water partition coefficient (Wildman–Crippen LogP) is 1.83. The van der Waals surface area contributed by atoms with Gasteiger partial charge in [-0.15, -0.1) is 0 Å². The highest BCUT2D eigenvalue weighted by atomic mass is 32.2. The van der Waals surface area contributed by atoms with E-state index in [1.54, 1.807) is 17.8 Å². The molecule has 0 amide bonds. The van der Waals surface area contributed by atoms with Crippen molar-refractivity contribution in [3.8, 4) is 11.5 Å². The number of fused-ring (bicyclic) bond motifs is 1. The molecule has 1 aromatic carbocycles. The van der Waals surface area contributed by atoms with Crippen molar-refractivity contribution in [1.82, 2.24) is 0 Å². The van der Waals surface area contributed by atoms with E-state index in [1.807, 2.05) is 12.1 Å². The largest absolute Gasteiger partial charge is 0.504 e. The van der Waals surface area contributed by atoms with Gasteiger partial charge in [0.05, 0.1) is 4.90 Å². The van der Waals surface area contributed by atoms with Gasteiger partial charge in [-0.3, -0.25) is 0 Å². The monoisotopic (exact) mass is 154 g/mol. The Labute approximate surface area is 62.8 Å². The van der Waals surface area contributed by atoms with Crippen molar-refractivity contribution in [1.29, 1.82) is 0 Å². The molecule has 2 nitrogen and oxygen atoms in total. The first-order valence-corrected chi connectivity index (χ1v) is 3.94. The van der Waals surface area contributed by atoms with Crippen molar-refractivity contribution >= 4 is 11.8 Å². The Kier molecular flexibility index (Phi) is 1.24. The fourth-order valence-electron chi connectivity index (χ4n) is 0.915. The second-order valence-corrected chi connectivity index (χ2v) is 2.98. The normalized spacial score (nSPS) is 14.4. The van der Waals surface area contributed by atoms with Crippen LogP contribution < -0.4 is 4.74 Å². The lowest BCUT2D eigenvalue weighted by molar-refractivity contribution is 0.361. The summed E-state index contributed by atoms with van der Waals surface area (Å²) in [5.74, 6) is 1.49. The SMILES string of the molecule is Oc1cccc2c1OCS2. The van der Waals surface area contributed by atoms with Crippen molar-refractivity contribution in [2.24, 2.45) is 0 Å². The number of hydrogen-bond donors (Lipinski definition) is 1. The topological polar surface area (TPSA) is 29.5 Å². The molecule has 0 unspecified atom stereocenters. The summed E-state index contributed by atoms with van der Waals surface area (Å²) in [6, 6.07) is 5.38. The quantitative estimate of drug-likeness (QED) is 0.618.